The summed E-state index contributed by atoms with van der Waals surface area (Å²) in [6.45, 7) is 12.1. The summed E-state index contributed by atoms with van der Waals surface area (Å²) in [5.41, 5.74) is 3.02. The third-order valence-corrected chi connectivity index (χ3v) is 6.59. The molecule has 4 rings (SSSR count). The third kappa shape index (κ3) is 4.15. The molecule has 1 fully saturated rings. The first kappa shape index (κ1) is 20.7. The minimum absolute atomic E-state index is 0.0898. The van der Waals surface area contributed by atoms with E-state index in [1.165, 1.54) is 5.56 Å². The molecule has 3 aromatic rings. The maximum absolute atomic E-state index is 12.9. The Bertz CT molecular complexity index is 1030. The van der Waals surface area contributed by atoms with E-state index in [9.17, 15) is 4.79 Å². The van der Waals surface area contributed by atoms with Gasteiger partial charge in [0.05, 0.1) is 11.3 Å². The molecule has 1 aromatic heterocycles. The van der Waals surface area contributed by atoms with Gasteiger partial charge in [-0.1, -0.05) is 50.3 Å². The highest BCUT2D eigenvalue weighted by Crippen LogP contribution is 2.34. The molecule has 0 bridgehead atoms. The predicted octanol–water partition coefficient (Wildman–Crippen LogP) is 4.95. The maximum atomic E-state index is 12.9. The van der Waals surface area contributed by atoms with Gasteiger partial charge in [0.15, 0.2) is 5.13 Å². The number of carbonyl (C=O) groups is 1. The topological polar surface area (TPSA) is 45.7 Å². The number of hydrogen-bond donors (Lipinski definition) is 0. The van der Waals surface area contributed by atoms with Crippen molar-refractivity contribution in [1.29, 1.82) is 0 Å². The van der Waals surface area contributed by atoms with E-state index in [0.29, 0.717) is 19.7 Å². The van der Waals surface area contributed by atoms with Gasteiger partial charge in [0, 0.05) is 31.7 Å². The van der Waals surface area contributed by atoms with Crippen LogP contribution in [0.25, 0.3) is 10.2 Å². The number of anilines is 1. The lowest BCUT2D eigenvalue weighted by Crippen LogP contribution is -2.48. The third-order valence-electron chi connectivity index (χ3n) is 5.51. The Morgan fingerprint density at radius 2 is 1.77 bits per heavy atom. The first-order chi connectivity index (χ1) is 14.4. The van der Waals surface area contributed by atoms with Gasteiger partial charge in [-0.3, -0.25) is 4.79 Å². The molecule has 158 valence electrons. The smallest absolute Gasteiger partial charge is 0.253 e. The first-order valence-corrected chi connectivity index (χ1v) is 11.4. The fourth-order valence-electron chi connectivity index (χ4n) is 3.72. The number of ether oxygens (including phenoxy) is 1. The van der Waals surface area contributed by atoms with E-state index in [1.807, 2.05) is 36.1 Å². The number of nitrogens with zero attached hydrogens (tertiary/aromatic N) is 3. The molecule has 6 heteroatoms. The molecule has 0 N–H and O–H groups in total. The van der Waals surface area contributed by atoms with E-state index in [1.54, 1.807) is 11.3 Å². The number of amides is 1. The molecule has 5 nitrogen and oxygen atoms in total. The van der Waals surface area contributed by atoms with Gasteiger partial charge < -0.3 is 14.5 Å². The van der Waals surface area contributed by atoms with Gasteiger partial charge in [-0.25, -0.2) is 4.98 Å². The van der Waals surface area contributed by atoms with Crippen molar-refractivity contribution in [2.75, 3.05) is 37.7 Å². The molecular formula is C24H29N3O2S. The number of rotatable bonds is 4. The Morgan fingerprint density at radius 3 is 2.40 bits per heavy atom. The van der Waals surface area contributed by atoms with Crippen LogP contribution in [0.3, 0.4) is 0 Å². The lowest BCUT2D eigenvalue weighted by Gasteiger charge is -2.34. The van der Waals surface area contributed by atoms with E-state index in [-0.39, 0.29) is 11.3 Å². The van der Waals surface area contributed by atoms with Gasteiger partial charge in [0.2, 0.25) is 0 Å². The predicted molar refractivity (Wildman–Crippen MR) is 124 cm³/mol. The molecule has 0 spiro atoms. The van der Waals surface area contributed by atoms with Crippen molar-refractivity contribution >= 4 is 32.6 Å². The number of aromatic nitrogens is 1. The first-order valence-electron chi connectivity index (χ1n) is 10.5. The van der Waals surface area contributed by atoms with Gasteiger partial charge in [-0.05, 0) is 42.2 Å². The Balaban J connectivity index is 1.43. The summed E-state index contributed by atoms with van der Waals surface area (Å²) in [6, 6.07) is 14.1. The van der Waals surface area contributed by atoms with Crippen LogP contribution in [-0.4, -0.2) is 48.6 Å². The van der Waals surface area contributed by atoms with E-state index < -0.39 is 0 Å². The molecule has 0 aliphatic carbocycles. The highest BCUT2D eigenvalue weighted by molar-refractivity contribution is 7.22. The van der Waals surface area contributed by atoms with Crippen molar-refractivity contribution in [2.24, 2.45) is 0 Å². The summed E-state index contributed by atoms with van der Waals surface area (Å²) >= 11 is 1.69. The van der Waals surface area contributed by atoms with Crippen LogP contribution in [0.2, 0.25) is 0 Å². The minimum atomic E-state index is 0.0898. The number of thiazole rings is 1. The number of carbonyl (C=O) groups excluding carboxylic acids is 1. The second-order valence-electron chi connectivity index (χ2n) is 8.64. The maximum Gasteiger partial charge on any atom is 0.253 e. The molecule has 0 atom stereocenters. The summed E-state index contributed by atoms with van der Waals surface area (Å²) in [4.78, 5) is 22.0. The van der Waals surface area contributed by atoms with Crippen LogP contribution in [0.1, 0.15) is 43.6 Å². The molecular weight excluding hydrogens is 394 g/mol. The molecule has 1 saturated heterocycles. The molecule has 1 aliphatic rings. The van der Waals surface area contributed by atoms with Crippen LogP contribution in [0.4, 0.5) is 5.13 Å². The van der Waals surface area contributed by atoms with Crippen LogP contribution in [-0.2, 0) is 5.41 Å². The van der Waals surface area contributed by atoms with Gasteiger partial charge in [-0.15, -0.1) is 0 Å². The summed E-state index contributed by atoms with van der Waals surface area (Å²) < 4.78 is 6.85. The molecule has 0 unspecified atom stereocenters. The fraction of sp³-hybridized carbons (Fsp3) is 0.417. The molecule has 1 amide bonds. The van der Waals surface area contributed by atoms with Crippen LogP contribution in [0.5, 0.6) is 5.75 Å². The zero-order valence-corrected chi connectivity index (χ0v) is 19.0. The molecule has 2 aromatic carbocycles. The molecule has 0 radical (unpaired) electrons. The highest BCUT2D eigenvalue weighted by atomic mass is 32.1. The van der Waals surface area contributed by atoms with E-state index >= 15 is 0 Å². The Labute approximate surface area is 182 Å². The summed E-state index contributed by atoms with van der Waals surface area (Å²) in [5, 5.41) is 0.999. The molecule has 1 aliphatic heterocycles. The molecule has 30 heavy (non-hydrogen) atoms. The number of benzene rings is 2. The van der Waals surface area contributed by atoms with Gasteiger partial charge in [0.25, 0.3) is 5.91 Å². The number of fused-ring (bicyclic) bond motifs is 1. The fourth-order valence-corrected chi connectivity index (χ4v) is 4.75. The Hall–Kier alpha value is -2.60. The van der Waals surface area contributed by atoms with Crippen molar-refractivity contribution in [2.45, 2.75) is 33.1 Å². The SMILES string of the molecule is CCOc1cccc2sc(N3CCN(C(=O)c4ccc(C(C)(C)C)cc4)CC3)nc12. The highest BCUT2D eigenvalue weighted by Gasteiger charge is 2.25. The van der Waals surface area contributed by atoms with Crippen molar-refractivity contribution < 1.29 is 9.53 Å². The average Bonchev–Trinajstić information content (AvgIpc) is 3.18. The number of hydrogen-bond acceptors (Lipinski definition) is 5. The Morgan fingerprint density at radius 1 is 1.07 bits per heavy atom. The standard InChI is InChI=1S/C24H29N3O2S/c1-5-29-19-7-6-8-20-21(19)25-23(30-20)27-15-13-26(14-16-27)22(28)17-9-11-18(12-10-17)24(2,3)4/h6-12H,5,13-16H2,1-4H3. The Kier molecular flexibility index (Phi) is 5.69. The van der Waals surface area contributed by atoms with Crippen LogP contribution < -0.4 is 9.64 Å². The molecule has 0 saturated carbocycles. The lowest BCUT2D eigenvalue weighted by atomic mass is 9.86. The van der Waals surface area contributed by atoms with Crippen molar-refractivity contribution in [3.8, 4) is 5.75 Å². The monoisotopic (exact) mass is 423 g/mol. The van der Waals surface area contributed by atoms with Crippen molar-refractivity contribution in [3.05, 3.63) is 53.6 Å². The van der Waals surface area contributed by atoms with E-state index in [2.05, 4.69) is 43.9 Å². The number of piperazine rings is 1. The normalized spacial score (nSPS) is 14.9. The summed E-state index contributed by atoms with van der Waals surface area (Å²) in [7, 11) is 0. The van der Waals surface area contributed by atoms with Crippen molar-refractivity contribution in [3.63, 3.8) is 0 Å². The molecule has 2 heterocycles. The van der Waals surface area contributed by atoms with E-state index in [4.69, 9.17) is 9.72 Å². The summed E-state index contributed by atoms with van der Waals surface area (Å²) in [6.07, 6.45) is 0. The summed E-state index contributed by atoms with van der Waals surface area (Å²) in [5.74, 6) is 0.947. The van der Waals surface area contributed by atoms with Gasteiger partial charge in [-0.2, -0.15) is 0 Å². The van der Waals surface area contributed by atoms with E-state index in [0.717, 1.165) is 39.8 Å². The minimum Gasteiger partial charge on any atom is -0.492 e. The average molecular weight is 424 g/mol. The van der Waals surface area contributed by atoms with Crippen LogP contribution in [0.15, 0.2) is 42.5 Å². The van der Waals surface area contributed by atoms with Gasteiger partial charge in [0.1, 0.15) is 11.3 Å². The number of para-hydroxylation sites is 1. The second kappa shape index (κ2) is 8.26. The largest absolute Gasteiger partial charge is 0.492 e. The zero-order valence-electron chi connectivity index (χ0n) is 18.1. The van der Waals surface area contributed by atoms with Gasteiger partial charge >= 0.3 is 0 Å². The lowest BCUT2D eigenvalue weighted by molar-refractivity contribution is 0.0746. The second-order valence-corrected chi connectivity index (χ2v) is 9.65. The quantitative estimate of drug-likeness (QED) is 0.595. The van der Waals surface area contributed by atoms with Crippen LogP contribution >= 0.6 is 11.3 Å². The zero-order chi connectivity index (χ0) is 21.3. The van der Waals surface area contributed by atoms with Crippen LogP contribution in [0, 0.1) is 0 Å². The van der Waals surface area contributed by atoms with Crippen molar-refractivity contribution in [1.82, 2.24) is 9.88 Å².